The molecule has 1 unspecified atom stereocenters. The number of aromatic nitrogens is 1. The van der Waals surface area contributed by atoms with Crippen LogP contribution in [0.15, 0.2) is 42.6 Å². The second-order valence-corrected chi connectivity index (χ2v) is 6.27. The number of rotatable bonds is 2. The Morgan fingerprint density at radius 1 is 1.04 bits per heavy atom. The Bertz CT molecular complexity index is 884. The van der Waals surface area contributed by atoms with Crippen LogP contribution in [0.2, 0.25) is 0 Å². The van der Waals surface area contributed by atoms with Crippen molar-refractivity contribution in [2.75, 3.05) is 12.1 Å². The monoisotopic (exact) mass is 306 g/mol. The van der Waals surface area contributed by atoms with E-state index in [2.05, 4.69) is 46.7 Å². The van der Waals surface area contributed by atoms with E-state index in [9.17, 15) is 0 Å². The number of hydrogen-bond donors (Lipinski definition) is 2. The largest absolute Gasteiger partial charge is 0.454 e. The average Bonchev–Trinajstić information content (AvgIpc) is 3.21. The van der Waals surface area contributed by atoms with Gasteiger partial charge in [-0.05, 0) is 66.1 Å². The minimum atomic E-state index is 0.320. The van der Waals surface area contributed by atoms with Gasteiger partial charge >= 0.3 is 0 Å². The van der Waals surface area contributed by atoms with Crippen LogP contribution in [0.5, 0.6) is 11.5 Å². The average molecular weight is 306 g/mol. The molecule has 2 aromatic carbocycles. The van der Waals surface area contributed by atoms with E-state index in [1.54, 1.807) is 0 Å². The van der Waals surface area contributed by atoms with Crippen LogP contribution in [-0.4, -0.2) is 11.8 Å². The molecule has 1 aliphatic heterocycles. The van der Waals surface area contributed by atoms with Gasteiger partial charge in [0.15, 0.2) is 11.5 Å². The Morgan fingerprint density at radius 2 is 1.96 bits per heavy atom. The van der Waals surface area contributed by atoms with Crippen molar-refractivity contribution in [2.45, 2.75) is 25.3 Å². The molecule has 2 heterocycles. The van der Waals surface area contributed by atoms with Gasteiger partial charge in [0, 0.05) is 17.4 Å². The van der Waals surface area contributed by atoms with Crippen LogP contribution in [0.1, 0.15) is 30.0 Å². The third kappa shape index (κ3) is 2.13. The van der Waals surface area contributed by atoms with E-state index < -0.39 is 0 Å². The number of H-pyrrole nitrogens is 1. The summed E-state index contributed by atoms with van der Waals surface area (Å²) in [5.41, 5.74) is 5.03. The molecule has 0 amide bonds. The summed E-state index contributed by atoms with van der Waals surface area (Å²) in [6.07, 6.45) is 5.41. The predicted molar refractivity (Wildman–Crippen MR) is 90.2 cm³/mol. The number of nitrogens with one attached hydrogen (secondary N) is 2. The third-order valence-electron chi connectivity index (χ3n) is 4.84. The van der Waals surface area contributed by atoms with Gasteiger partial charge in [0.2, 0.25) is 6.79 Å². The molecule has 0 spiro atoms. The number of aryl methyl sites for hydroxylation is 1. The normalized spacial score (nSPS) is 18.9. The first kappa shape index (κ1) is 12.9. The molecule has 0 radical (unpaired) electrons. The summed E-state index contributed by atoms with van der Waals surface area (Å²) in [4.78, 5) is 3.27. The van der Waals surface area contributed by atoms with Gasteiger partial charge in [-0.15, -0.1) is 0 Å². The summed E-state index contributed by atoms with van der Waals surface area (Å²) in [6.45, 7) is 0.333. The molecule has 0 saturated carbocycles. The SMILES string of the molecule is c1cc2ccc(NC3CCCc4cc5c(cc43)OCO5)cc2[nH]1. The topological polar surface area (TPSA) is 46.3 Å². The van der Waals surface area contributed by atoms with Crippen molar-refractivity contribution in [3.63, 3.8) is 0 Å². The quantitative estimate of drug-likeness (QED) is 0.738. The number of benzene rings is 2. The number of ether oxygens (including phenoxy) is 2. The lowest BCUT2D eigenvalue weighted by atomic mass is 9.87. The Kier molecular flexibility index (Phi) is 2.77. The lowest BCUT2D eigenvalue weighted by Gasteiger charge is -2.27. The lowest BCUT2D eigenvalue weighted by molar-refractivity contribution is 0.174. The fourth-order valence-electron chi connectivity index (χ4n) is 3.68. The van der Waals surface area contributed by atoms with Crippen molar-refractivity contribution in [1.29, 1.82) is 0 Å². The second-order valence-electron chi connectivity index (χ2n) is 6.27. The minimum absolute atomic E-state index is 0.320. The van der Waals surface area contributed by atoms with E-state index in [4.69, 9.17) is 9.47 Å². The van der Waals surface area contributed by atoms with Crippen LogP contribution < -0.4 is 14.8 Å². The third-order valence-corrected chi connectivity index (χ3v) is 4.84. The summed E-state index contributed by atoms with van der Waals surface area (Å²) in [5.74, 6) is 1.76. The van der Waals surface area contributed by atoms with Crippen molar-refractivity contribution < 1.29 is 9.47 Å². The zero-order valence-electron chi connectivity index (χ0n) is 12.8. The van der Waals surface area contributed by atoms with Gasteiger partial charge in [0.1, 0.15) is 0 Å². The van der Waals surface area contributed by atoms with E-state index in [-0.39, 0.29) is 0 Å². The maximum atomic E-state index is 5.56. The van der Waals surface area contributed by atoms with Crippen molar-refractivity contribution in [1.82, 2.24) is 4.98 Å². The Labute approximate surface area is 134 Å². The highest BCUT2D eigenvalue weighted by Gasteiger charge is 2.25. The first-order valence-electron chi connectivity index (χ1n) is 8.13. The van der Waals surface area contributed by atoms with Gasteiger partial charge in [0.05, 0.1) is 6.04 Å². The van der Waals surface area contributed by atoms with Crippen LogP contribution in [-0.2, 0) is 6.42 Å². The van der Waals surface area contributed by atoms with Crippen molar-refractivity contribution in [2.24, 2.45) is 0 Å². The van der Waals surface area contributed by atoms with Crippen LogP contribution in [0, 0.1) is 0 Å². The molecule has 0 fully saturated rings. The van der Waals surface area contributed by atoms with Crippen LogP contribution >= 0.6 is 0 Å². The van der Waals surface area contributed by atoms with Crippen LogP contribution in [0.3, 0.4) is 0 Å². The lowest BCUT2D eigenvalue weighted by Crippen LogP contribution is -2.17. The molecule has 2 aliphatic rings. The van der Waals surface area contributed by atoms with Gasteiger partial charge in [-0.2, -0.15) is 0 Å². The molecule has 4 heteroatoms. The molecule has 3 aromatic rings. The first-order chi connectivity index (χ1) is 11.4. The first-order valence-corrected chi connectivity index (χ1v) is 8.13. The molecule has 2 N–H and O–H groups in total. The maximum absolute atomic E-state index is 5.56. The minimum Gasteiger partial charge on any atom is -0.454 e. The highest BCUT2D eigenvalue weighted by Crippen LogP contribution is 2.41. The molecule has 0 bridgehead atoms. The highest BCUT2D eigenvalue weighted by molar-refractivity contribution is 5.82. The van der Waals surface area contributed by atoms with Crippen LogP contribution in [0.4, 0.5) is 5.69 Å². The van der Waals surface area contributed by atoms with Gasteiger partial charge in [-0.3, -0.25) is 0 Å². The molecule has 0 saturated heterocycles. The predicted octanol–water partition coefficient (Wildman–Crippen LogP) is 4.39. The molecule has 5 rings (SSSR count). The second kappa shape index (κ2) is 4.95. The van der Waals surface area contributed by atoms with E-state index in [1.807, 2.05) is 6.20 Å². The van der Waals surface area contributed by atoms with Crippen molar-refractivity contribution in [3.05, 3.63) is 53.7 Å². The van der Waals surface area contributed by atoms with Gasteiger partial charge in [-0.25, -0.2) is 0 Å². The van der Waals surface area contributed by atoms with E-state index in [0.717, 1.165) is 35.5 Å². The molecule has 1 atom stereocenters. The molecular weight excluding hydrogens is 288 g/mol. The van der Waals surface area contributed by atoms with Gasteiger partial charge < -0.3 is 19.8 Å². The fourth-order valence-corrected chi connectivity index (χ4v) is 3.68. The van der Waals surface area contributed by atoms with Gasteiger partial charge in [-0.1, -0.05) is 6.07 Å². The number of anilines is 1. The molecule has 116 valence electrons. The Hall–Kier alpha value is -2.62. The summed E-state index contributed by atoms with van der Waals surface area (Å²) in [6, 6.07) is 13.2. The van der Waals surface area contributed by atoms with E-state index in [1.165, 1.54) is 22.9 Å². The van der Waals surface area contributed by atoms with E-state index in [0.29, 0.717) is 12.8 Å². The number of fused-ring (bicyclic) bond motifs is 3. The standard InChI is InChI=1S/C19H18N2O2/c1-2-13-8-18-19(23-11-22-18)10-15(13)16(3-1)21-14-5-4-12-6-7-20-17(12)9-14/h4-10,16,20-21H,1-3,11H2. The molecule has 1 aliphatic carbocycles. The van der Waals surface area contributed by atoms with E-state index >= 15 is 0 Å². The smallest absolute Gasteiger partial charge is 0.231 e. The molecule has 1 aromatic heterocycles. The number of aromatic amines is 1. The van der Waals surface area contributed by atoms with Crippen molar-refractivity contribution >= 4 is 16.6 Å². The number of hydrogen-bond acceptors (Lipinski definition) is 3. The molecule has 4 nitrogen and oxygen atoms in total. The molecule has 23 heavy (non-hydrogen) atoms. The summed E-state index contributed by atoms with van der Waals surface area (Å²) in [7, 11) is 0. The fraction of sp³-hybridized carbons (Fsp3) is 0.263. The van der Waals surface area contributed by atoms with Crippen LogP contribution in [0.25, 0.3) is 10.9 Å². The Balaban J connectivity index is 1.50. The maximum Gasteiger partial charge on any atom is 0.231 e. The Morgan fingerprint density at radius 3 is 2.91 bits per heavy atom. The zero-order chi connectivity index (χ0) is 15.2. The highest BCUT2D eigenvalue weighted by atomic mass is 16.7. The molecular formula is C19H18N2O2. The summed E-state index contributed by atoms with van der Waals surface area (Å²) >= 11 is 0. The summed E-state index contributed by atoms with van der Waals surface area (Å²) in [5, 5.41) is 4.93. The zero-order valence-corrected chi connectivity index (χ0v) is 12.8. The summed E-state index contributed by atoms with van der Waals surface area (Å²) < 4.78 is 11.1. The van der Waals surface area contributed by atoms with Crippen molar-refractivity contribution in [3.8, 4) is 11.5 Å². The van der Waals surface area contributed by atoms with Gasteiger partial charge in [0.25, 0.3) is 0 Å².